The van der Waals surface area contributed by atoms with E-state index in [9.17, 15) is 0 Å². The standard InChI is InChI=1S/C17H27N5S.HI/c1-5-18-16(19-8-11-22-9-6-7-10-22)20-12-14-13-23-15(21-14)17(2,3)4;/h6-7,9-10,13H,5,8,11-12H2,1-4H3,(H2,18,19,20);1H. The van der Waals surface area contributed by atoms with Crippen molar-refractivity contribution in [1.82, 2.24) is 20.2 Å². The Morgan fingerprint density at radius 3 is 2.54 bits per heavy atom. The van der Waals surface area contributed by atoms with Crippen LogP contribution in [-0.2, 0) is 18.5 Å². The average Bonchev–Trinajstić information content (AvgIpc) is 3.15. The molecule has 2 aromatic rings. The van der Waals surface area contributed by atoms with E-state index in [0.717, 1.165) is 36.3 Å². The molecule has 0 unspecified atom stereocenters. The monoisotopic (exact) mass is 461 g/mol. The summed E-state index contributed by atoms with van der Waals surface area (Å²) in [6.45, 7) is 11.8. The summed E-state index contributed by atoms with van der Waals surface area (Å²) in [4.78, 5) is 9.31. The molecule has 0 bridgehead atoms. The fourth-order valence-electron chi connectivity index (χ4n) is 2.05. The molecule has 134 valence electrons. The predicted molar refractivity (Wildman–Crippen MR) is 113 cm³/mol. The zero-order chi connectivity index (χ0) is 16.7. The normalized spacial score (nSPS) is 11.9. The van der Waals surface area contributed by atoms with Gasteiger partial charge in [-0.05, 0) is 19.1 Å². The molecule has 0 spiro atoms. The van der Waals surface area contributed by atoms with Gasteiger partial charge in [-0.2, -0.15) is 0 Å². The first kappa shape index (κ1) is 21.0. The topological polar surface area (TPSA) is 54.2 Å². The molecule has 0 aromatic carbocycles. The van der Waals surface area contributed by atoms with Gasteiger partial charge in [0.2, 0.25) is 0 Å². The number of hydrogen-bond acceptors (Lipinski definition) is 3. The molecule has 0 aliphatic carbocycles. The quantitative estimate of drug-likeness (QED) is 0.393. The van der Waals surface area contributed by atoms with Gasteiger partial charge in [0, 0.05) is 42.8 Å². The highest BCUT2D eigenvalue weighted by atomic mass is 127. The second kappa shape index (κ2) is 10.0. The second-order valence-corrected chi connectivity index (χ2v) is 7.29. The van der Waals surface area contributed by atoms with Crippen LogP contribution in [0.2, 0.25) is 0 Å². The highest BCUT2D eigenvalue weighted by Crippen LogP contribution is 2.25. The van der Waals surface area contributed by atoms with Crippen LogP contribution < -0.4 is 10.6 Å². The van der Waals surface area contributed by atoms with E-state index in [1.807, 2.05) is 12.1 Å². The maximum Gasteiger partial charge on any atom is 0.191 e. The number of aromatic nitrogens is 2. The first-order chi connectivity index (χ1) is 11.0. The molecule has 0 saturated heterocycles. The van der Waals surface area contributed by atoms with Crippen LogP contribution in [0.1, 0.15) is 38.4 Å². The Labute approximate surface area is 166 Å². The number of nitrogens with one attached hydrogen (secondary N) is 2. The maximum absolute atomic E-state index is 4.69. The van der Waals surface area contributed by atoms with Crippen molar-refractivity contribution >= 4 is 41.3 Å². The van der Waals surface area contributed by atoms with Crippen molar-refractivity contribution in [3.63, 3.8) is 0 Å². The Balaban J connectivity index is 0.00000288. The van der Waals surface area contributed by atoms with Crippen molar-refractivity contribution in [2.75, 3.05) is 13.1 Å². The van der Waals surface area contributed by atoms with Crippen molar-refractivity contribution in [3.8, 4) is 0 Å². The summed E-state index contributed by atoms with van der Waals surface area (Å²) in [6, 6.07) is 4.07. The predicted octanol–water partition coefficient (Wildman–Crippen LogP) is 3.62. The Morgan fingerprint density at radius 2 is 1.96 bits per heavy atom. The molecule has 24 heavy (non-hydrogen) atoms. The minimum atomic E-state index is 0. The zero-order valence-electron chi connectivity index (χ0n) is 14.9. The van der Waals surface area contributed by atoms with Crippen molar-refractivity contribution < 1.29 is 0 Å². The van der Waals surface area contributed by atoms with Crippen LogP contribution in [0.15, 0.2) is 34.9 Å². The zero-order valence-corrected chi connectivity index (χ0v) is 18.0. The second-order valence-electron chi connectivity index (χ2n) is 6.44. The summed E-state index contributed by atoms with van der Waals surface area (Å²) in [5, 5.41) is 9.90. The van der Waals surface area contributed by atoms with E-state index in [1.165, 1.54) is 0 Å². The van der Waals surface area contributed by atoms with Gasteiger partial charge in [0.05, 0.1) is 17.2 Å². The Bertz CT molecular complexity index is 613. The third-order valence-electron chi connectivity index (χ3n) is 3.27. The smallest absolute Gasteiger partial charge is 0.191 e. The van der Waals surface area contributed by atoms with Gasteiger partial charge in [-0.15, -0.1) is 35.3 Å². The number of aliphatic imine (C=N–C) groups is 1. The van der Waals surface area contributed by atoms with Gasteiger partial charge in [0.15, 0.2) is 5.96 Å². The molecule has 0 aliphatic rings. The highest BCUT2D eigenvalue weighted by Gasteiger charge is 2.17. The number of nitrogens with zero attached hydrogens (tertiary/aromatic N) is 3. The average molecular weight is 461 g/mol. The molecule has 2 aromatic heterocycles. The lowest BCUT2D eigenvalue weighted by atomic mass is 9.98. The summed E-state index contributed by atoms with van der Waals surface area (Å²) >= 11 is 1.71. The Hall–Kier alpha value is -1.09. The van der Waals surface area contributed by atoms with E-state index in [1.54, 1.807) is 11.3 Å². The summed E-state index contributed by atoms with van der Waals surface area (Å²) in [5.41, 5.74) is 1.13. The molecule has 0 atom stereocenters. The molecule has 2 N–H and O–H groups in total. The molecule has 0 radical (unpaired) electrons. The minimum absolute atomic E-state index is 0. The number of guanidine groups is 1. The van der Waals surface area contributed by atoms with Crippen LogP contribution in [0, 0.1) is 0 Å². The first-order valence-electron chi connectivity index (χ1n) is 8.07. The van der Waals surface area contributed by atoms with Crippen molar-refractivity contribution in [1.29, 1.82) is 0 Å². The van der Waals surface area contributed by atoms with Crippen LogP contribution in [0.3, 0.4) is 0 Å². The van der Waals surface area contributed by atoms with Crippen LogP contribution in [0.25, 0.3) is 0 Å². The summed E-state index contributed by atoms with van der Waals surface area (Å²) in [7, 11) is 0. The minimum Gasteiger partial charge on any atom is -0.357 e. The molecule has 5 nitrogen and oxygen atoms in total. The third kappa shape index (κ3) is 6.80. The van der Waals surface area contributed by atoms with E-state index in [2.05, 4.69) is 70.6 Å². The molecule has 2 rings (SSSR count). The summed E-state index contributed by atoms with van der Waals surface area (Å²) in [6.07, 6.45) is 4.13. The maximum atomic E-state index is 4.69. The van der Waals surface area contributed by atoms with E-state index in [-0.39, 0.29) is 29.4 Å². The lowest BCUT2D eigenvalue weighted by Gasteiger charge is -2.13. The Kier molecular flexibility index (Phi) is 8.75. The van der Waals surface area contributed by atoms with Gasteiger partial charge in [0.1, 0.15) is 0 Å². The highest BCUT2D eigenvalue weighted by molar-refractivity contribution is 14.0. The molecule has 0 saturated carbocycles. The molecular weight excluding hydrogens is 433 g/mol. The number of hydrogen-bond donors (Lipinski definition) is 2. The van der Waals surface area contributed by atoms with Gasteiger partial charge in [-0.1, -0.05) is 20.8 Å². The van der Waals surface area contributed by atoms with Gasteiger partial charge in [-0.25, -0.2) is 9.98 Å². The van der Waals surface area contributed by atoms with Crippen LogP contribution in [-0.4, -0.2) is 28.6 Å². The summed E-state index contributed by atoms with van der Waals surface area (Å²) < 4.78 is 2.15. The van der Waals surface area contributed by atoms with Gasteiger partial charge in [0.25, 0.3) is 0 Å². The summed E-state index contributed by atoms with van der Waals surface area (Å²) in [5.74, 6) is 0.838. The van der Waals surface area contributed by atoms with Crippen LogP contribution in [0.5, 0.6) is 0 Å². The van der Waals surface area contributed by atoms with Gasteiger partial charge >= 0.3 is 0 Å². The van der Waals surface area contributed by atoms with E-state index >= 15 is 0 Å². The lowest BCUT2D eigenvalue weighted by Crippen LogP contribution is -2.38. The molecule has 7 heteroatoms. The molecule has 0 fully saturated rings. The van der Waals surface area contributed by atoms with Crippen LogP contribution in [0.4, 0.5) is 0 Å². The van der Waals surface area contributed by atoms with E-state index in [0.29, 0.717) is 6.54 Å². The van der Waals surface area contributed by atoms with Gasteiger partial charge < -0.3 is 15.2 Å². The van der Waals surface area contributed by atoms with Crippen LogP contribution >= 0.6 is 35.3 Å². The molecule has 0 aliphatic heterocycles. The van der Waals surface area contributed by atoms with Gasteiger partial charge in [-0.3, -0.25) is 0 Å². The van der Waals surface area contributed by atoms with Crippen molar-refractivity contribution in [3.05, 3.63) is 40.6 Å². The van der Waals surface area contributed by atoms with Crippen molar-refractivity contribution in [2.45, 2.75) is 46.2 Å². The van der Waals surface area contributed by atoms with E-state index in [4.69, 9.17) is 0 Å². The Morgan fingerprint density at radius 1 is 1.25 bits per heavy atom. The number of rotatable bonds is 6. The molecule has 2 heterocycles. The third-order valence-corrected chi connectivity index (χ3v) is 4.58. The van der Waals surface area contributed by atoms with E-state index < -0.39 is 0 Å². The fourth-order valence-corrected chi connectivity index (χ4v) is 2.95. The largest absolute Gasteiger partial charge is 0.357 e. The first-order valence-corrected chi connectivity index (χ1v) is 8.95. The molecular formula is C17H28IN5S. The van der Waals surface area contributed by atoms with Crippen molar-refractivity contribution in [2.24, 2.45) is 4.99 Å². The lowest BCUT2D eigenvalue weighted by molar-refractivity contribution is 0.583. The number of halogens is 1. The molecule has 0 amide bonds. The number of thiazole rings is 1. The SMILES string of the molecule is CCNC(=NCc1csc(C(C)(C)C)n1)NCCn1cccc1.I. The fraction of sp³-hybridized carbons (Fsp3) is 0.529.